The van der Waals surface area contributed by atoms with Crippen molar-refractivity contribution in [2.75, 3.05) is 19.0 Å². The Morgan fingerprint density at radius 3 is 2.88 bits per heavy atom. The highest BCUT2D eigenvalue weighted by atomic mass is 16.5. The first-order valence-corrected chi connectivity index (χ1v) is 10.9. The first-order chi connectivity index (χ1) is 15.2. The Bertz CT molecular complexity index is 1030. The third kappa shape index (κ3) is 5.53. The summed E-state index contributed by atoms with van der Waals surface area (Å²) in [7, 11) is 1.77. The van der Waals surface area contributed by atoms with Crippen molar-refractivity contribution in [2.24, 2.45) is 0 Å². The molecule has 7 heteroatoms. The third-order valence-corrected chi connectivity index (χ3v) is 5.45. The molecular formula is C25H32N4O3. The average Bonchev–Trinajstić information content (AvgIpc) is 2.87. The Morgan fingerprint density at radius 1 is 1.34 bits per heavy atom. The molecule has 1 aromatic carbocycles. The molecule has 0 saturated carbocycles. The number of hydrogen-bond donors (Lipinski definition) is 2. The fourth-order valence-corrected chi connectivity index (χ4v) is 3.40. The van der Waals surface area contributed by atoms with Crippen LogP contribution in [0.25, 0.3) is 6.08 Å². The van der Waals surface area contributed by atoms with Crippen LogP contribution in [-0.2, 0) is 22.7 Å². The minimum atomic E-state index is -0.676. The van der Waals surface area contributed by atoms with Gasteiger partial charge in [0.1, 0.15) is 11.6 Å². The molecule has 3 rings (SSSR count). The van der Waals surface area contributed by atoms with E-state index in [-0.39, 0.29) is 11.8 Å². The molecule has 0 spiro atoms. The van der Waals surface area contributed by atoms with Gasteiger partial charge in [-0.3, -0.25) is 14.9 Å². The van der Waals surface area contributed by atoms with Crippen molar-refractivity contribution in [1.29, 1.82) is 0 Å². The van der Waals surface area contributed by atoms with Gasteiger partial charge >= 0.3 is 0 Å². The van der Waals surface area contributed by atoms with Gasteiger partial charge in [-0.2, -0.15) is 0 Å². The van der Waals surface area contributed by atoms with Crippen LogP contribution < -0.4 is 15.4 Å². The number of benzene rings is 1. The number of nitrogens with zero attached hydrogens (tertiary/aromatic N) is 2. The van der Waals surface area contributed by atoms with Crippen LogP contribution >= 0.6 is 0 Å². The molecule has 2 heterocycles. The summed E-state index contributed by atoms with van der Waals surface area (Å²) in [5.41, 5.74) is 3.05. The minimum absolute atomic E-state index is 0.115. The quantitative estimate of drug-likeness (QED) is 0.647. The van der Waals surface area contributed by atoms with Gasteiger partial charge < -0.3 is 15.0 Å². The van der Waals surface area contributed by atoms with Crippen LogP contribution in [0.5, 0.6) is 5.75 Å². The smallest absolute Gasteiger partial charge is 0.246 e. The van der Waals surface area contributed by atoms with Crippen molar-refractivity contribution >= 4 is 23.7 Å². The van der Waals surface area contributed by atoms with Gasteiger partial charge in [0, 0.05) is 43.5 Å². The molecule has 2 amide bonds. The van der Waals surface area contributed by atoms with Gasteiger partial charge in [0.05, 0.1) is 12.1 Å². The summed E-state index contributed by atoms with van der Waals surface area (Å²) in [6.07, 6.45) is 5.86. The van der Waals surface area contributed by atoms with Crippen LogP contribution in [0.4, 0.5) is 5.82 Å². The maximum atomic E-state index is 12.7. The minimum Gasteiger partial charge on any atom is -0.493 e. The van der Waals surface area contributed by atoms with Gasteiger partial charge in [-0.15, -0.1) is 0 Å². The SMILES string of the molecule is CCCOc1c(C)cccc1CN(C)C(=O)/C=C/c1cnc2c(c1)CNC(C)(C)C(=O)N2. The number of nitrogens with one attached hydrogen (secondary N) is 2. The summed E-state index contributed by atoms with van der Waals surface area (Å²) in [6.45, 7) is 9.36. The number of anilines is 1. The number of aryl methyl sites for hydroxylation is 1. The predicted octanol–water partition coefficient (Wildman–Crippen LogP) is 3.67. The van der Waals surface area contributed by atoms with Crippen molar-refractivity contribution in [3.05, 3.63) is 58.8 Å². The van der Waals surface area contributed by atoms with E-state index in [1.165, 1.54) is 0 Å². The number of amides is 2. The van der Waals surface area contributed by atoms with E-state index in [2.05, 4.69) is 22.5 Å². The first-order valence-electron chi connectivity index (χ1n) is 10.9. The molecule has 7 nitrogen and oxygen atoms in total. The molecule has 0 aliphatic carbocycles. The van der Waals surface area contributed by atoms with E-state index in [0.717, 1.165) is 34.4 Å². The van der Waals surface area contributed by atoms with Gasteiger partial charge in [0.25, 0.3) is 0 Å². The molecule has 0 radical (unpaired) electrons. The number of rotatable bonds is 7. The van der Waals surface area contributed by atoms with Crippen LogP contribution in [0, 0.1) is 6.92 Å². The second kappa shape index (κ2) is 9.96. The van der Waals surface area contributed by atoms with Gasteiger partial charge in [0.15, 0.2) is 0 Å². The molecule has 0 fully saturated rings. The molecule has 170 valence electrons. The molecule has 0 unspecified atom stereocenters. The van der Waals surface area contributed by atoms with Crippen molar-refractivity contribution in [2.45, 2.75) is 52.7 Å². The number of para-hydroxylation sites is 1. The Balaban J connectivity index is 1.69. The Kier molecular flexibility index (Phi) is 7.30. The van der Waals surface area contributed by atoms with Crippen LogP contribution in [0.3, 0.4) is 0 Å². The molecule has 0 bridgehead atoms. The lowest BCUT2D eigenvalue weighted by molar-refractivity contribution is -0.125. The van der Waals surface area contributed by atoms with Crippen LogP contribution in [0.2, 0.25) is 0 Å². The molecule has 2 N–H and O–H groups in total. The van der Waals surface area contributed by atoms with E-state index in [9.17, 15) is 9.59 Å². The number of carbonyl (C=O) groups excluding carboxylic acids is 2. The Hall–Kier alpha value is -3.19. The van der Waals surface area contributed by atoms with Crippen molar-refractivity contribution in [3.63, 3.8) is 0 Å². The highest BCUT2D eigenvalue weighted by molar-refractivity contribution is 5.98. The lowest BCUT2D eigenvalue weighted by Crippen LogP contribution is -2.47. The summed E-state index contributed by atoms with van der Waals surface area (Å²) in [5.74, 6) is 1.16. The summed E-state index contributed by atoms with van der Waals surface area (Å²) >= 11 is 0. The molecule has 1 aromatic heterocycles. The highest BCUT2D eigenvalue weighted by Crippen LogP contribution is 2.25. The summed E-state index contributed by atoms with van der Waals surface area (Å²) in [5, 5.41) is 6.08. The van der Waals surface area contributed by atoms with Crippen molar-refractivity contribution < 1.29 is 14.3 Å². The number of ether oxygens (including phenoxy) is 1. The highest BCUT2D eigenvalue weighted by Gasteiger charge is 2.30. The second-order valence-corrected chi connectivity index (χ2v) is 8.65. The van der Waals surface area contributed by atoms with Gasteiger partial charge in [-0.1, -0.05) is 25.1 Å². The maximum Gasteiger partial charge on any atom is 0.246 e. The topological polar surface area (TPSA) is 83.6 Å². The largest absolute Gasteiger partial charge is 0.493 e. The summed E-state index contributed by atoms with van der Waals surface area (Å²) in [6, 6.07) is 7.91. The van der Waals surface area contributed by atoms with Crippen LogP contribution in [-0.4, -0.2) is 40.9 Å². The van der Waals surface area contributed by atoms with Crippen molar-refractivity contribution in [1.82, 2.24) is 15.2 Å². The molecular weight excluding hydrogens is 404 g/mol. The van der Waals surface area contributed by atoms with E-state index in [4.69, 9.17) is 4.74 Å². The summed E-state index contributed by atoms with van der Waals surface area (Å²) in [4.78, 5) is 31.0. The van der Waals surface area contributed by atoms with E-state index in [0.29, 0.717) is 25.5 Å². The number of fused-ring (bicyclic) bond motifs is 1. The predicted molar refractivity (Wildman–Crippen MR) is 126 cm³/mol. The fourth-order valence-electron chi connectivity index (χ4n) is 3.40. The van der Waals surface area contributed by atoms with Gasteiger partial charge in [-0.25, -0.2) is 4.98 Å². The number of likely N-dealkylation sites (N-methyl/N-ethyl adjacent to an activating group) is 1. The van der Waals surface area contributed by atoms with Crippen LogP contribution in [0.1, 0.15) is 49.4 Å². The van der Waals surface area contributed by atoms with E-state index < -0.39 is 5.54 Å². The van der Waals surface area contributed by atoms with E-state index in [1.807, 2.05) is 45.0 Å². The molecule has 2 aromatic rings. The average molecular weight is 437 g/mol. The molecule has 0 atom stereocenters. The monoisotopic (exact) mass is 436 g/mol. The lowest BCUT2D eigenvalue weighted by Gasteiger charge is -2.21. The number of aromatic nitrogens is 1. The van der Waals surface area contributed by atoms with Crippen molar-refractivity contribution in [3.8, 4) is 5.75 Å². The summed E-state index contributed by atoms with van der Waals surface area (Å²) < 4.78 is 5.91. The van der Waals surface area contributed by atoms with E-state index in [1.54, 1.807) is 30.3 Å². The van der Waals surface area contributed by atoms with E-state index >= 15 is 0 Å². The molecule has 0 saturated heterocycles. The lowest BCUT2D eigenvalue weighted by atomic mass is 10.1. The van der Waals surface area contributed by atoms with Gasteiger partial charge in [-0.05, 0) is 50.5 Å². The third-order valence-electron chi connectivity index (χ3n) is 5.45. The molecule has 1 aliphatic heterocycles. The fraction of sp³-hybridized carbons (Fsp3) is 0.400. The zero-order chi connectivity index (χ0) is 23.3. The standard InChI is InChI=1S/C25H32N4O3/c1-6-12-32-22-17(2)8-7-9-19(22)16-29(5)21(30)11-10-18-13-20-15-27-25(3,4)24(31)28-23(20)26-14-18/h7-11,13-14,27H,6,12,15-16H2,1-5H3,(H,26,28,31)/b11-10+. The molecule has 1 aliphatic rings. The molecule has 32 heavy (non-hydrogen) atoms. The normalized spacial score (nSPS) is 15.1. The zero-order valence-electron chi connectivity index (χ0n) is 19.5. The first kappa shape index (κ1) is 23.5. The Labute approximate surface area is 189 Å². The number of pyridine rings is 1. The van der Waals surface area contributed by atoms with Gasteiger partial charge in [0.2, 0.25) is 11.8 Å². The Morgan fingerprint density at radius 2 is 2.12 bits per heavy atom. The maximum absolute atomic E-state index is 12.7. The number of carbonyl (C=O) groups is 2. The second-order valence-electron chi connectivity index (χ2n) is 8.65. The zero-order valence-corrected chi connectivity index (χ0v) is 19.5. The number of hydrogen-bond acceptors (Lipinski definition) is 5. The van der Waals surface area contributed by atoms with Crippen LogP contribution in [0.15, 0.2) is 36.5 Å².